The van der Waals surface area contributed by atoms with Crippen LogP contribution in [0.4, 0.5) is 4.79 Å². The van der Waals surface area contributed by atoms with E-state index in [0.29, 0.717) is 29.6 Å². The quantitative estimate of drug-likeness (QED) is 0.278. The maximum Gasteiger partial charge on any atom is 0.323 e. The van der Waals surface area contributed by atoms with E-state index in [9.17, 15) is 14.4 Å². The van der Waals surface area contributed by atoms with Gasteiger partial charge in [-0.15, -0.1) is 0 Å². The second-order valence-electron chi connectivity index (χ2n) is 8.44. The van der Waals surface area contributed by atoms with Gasteiger partial charge in [-0.1, -0.05) is 54.1 Å². The molecule has 1 N–H and O–H groups in total. The van der Waals surface area contributed by atoms with Crippen LogP contribution >= 0.6 is 23.4 Å². The lowest BCUT2D eigenvalue weighted by molar-refractivity contribution is -0.140. The monoisotopic (exact) mass is 532 g/mol. The Balaban J connectivity index is 1.50. The van der Waals surface area contributed by atoms with Crippen molar-refractivity contribution in [3.05, 3.63) is 106 Å². The number of aliphatic carboxylic acids is 1. The van der Waals surface area contributed by atoms with E-state index in [4.69, 9.17) is 21.4 Å². The van der Waals surface area contributed by atoms with Crippen LogP contribution in [0.25, 0.3) is 17.0 Å². The average Bonchev–Trinajstić information content (AvgIpc) is 3.35. The third kappa shape index (κ3) is 5.55. The van der Waals surface area contributed by atoms with Crippen LogP contribution in [-0.4, -0.2) is 38.2 Å². The second-order valence-corrected chi connectivity index (χ2v) is 9.87. The highest BCUT2D eigenvalue weighted by Crippen LogP contribution is 2.34. The number of fused-ring (bicyclic) bond motifs is 1. The van der Waals surface area contributed by atoms with Crippen molar-refractivity contribution in [2.45, 2.75) is 13.2 Å². The molecule has 1 saturated heterocycles. The third-order valence-corrected chi connectivity index (χ3v) is 7.01. The van der Waals surface area contributed by atoms with Crippen molar-refractivity contribution in [3.8, 4) is 5.75 Å². The maximum atomic E-state index is 12.8. The zero-order chi connectivity index (χ0) is 25.9. The van der Waals surface area contributed by atoms with Gasteiger partial charge in [-0.2, -0.15) is 0 Å². The Bertz CT molecular complexity index is 1530. The van der Waals surface area contributed by atoms with E-state index in [1.807, 2.05) is 83.4 Å². The minimum absolute atomic E-state index is 0.173. The molecule has 186 valence electrons. The van der Waals surface area contributed by atoms with Crippen LogP contribution in [0.3, 0.4) is 0 Å². The number of ether oxygens (including phenoxy) is 1. The molecule has 0 saturated carbocycles. The molecular weight excluding hydrogens is 512 g/mol. The number of carbonyl (C=O) groups is 3. The molecule has 0 aliphatic carbocycles. The summed E-state index contributed by atoms with van der Waals surface area (Å²) in [5, 5.41) is 9.98. The summed E-state index contributed by atoms with van der Waals surface area (Å²) in [5.41, 5.74) is 3.67. The number of thioether (sulfide) groups is 1. The molecule has 4 aromatic rings. The van der Waals surface area contributed by atoms with Crippen LogP contribution in [0.1, 0.15) is 16.8 Å². The standard InChI is InChI=1S/C28H21ClN2O5S/c29-21-8-6-18(7-9-21)15-30-22(14-25-27(34)31(16-26(32)33)28(35)37-25)12-20-13-23(10-11-24(20)30)36-17-19-4-2-1-3-5-19/h1-14H,15-17H2,(H,32,33)/b25-14-. The molecule has 37 heavy (non-hydrogen) atoms. The Morgan fingerprint density at radius 1 is 0.973 bits per heavy atom. The van der Waals surface area contributed by atoms with Crippen molar-refractivity contribution in [1.82, 2.24) is 9.47 Å². The third-order valence-electron chi connectivity index (χ3n) is 5.85. The number of benzene rings is 3. The Labute approximate surface area is 221 Å². The van der Waals surface area contributed by atoms with Crippen LogP contribution in [0.2, 0.25) is 5.02 Å². The summed E-state index contributed by atoms with van der Waals surface area (Å²) in [6.07, 6.45) is 1.63. The molecule has 1 fully saturated rings. The molecule has 1 aliphatic rings. The van der Waals surface area contributed by atoms with Crippen LogP contribution in [0.15, 0.2) is 83.8 Å². The molecule has 1 aliphatic heterocycles. The number of amides is 2. The first-order valence-corrected chi connectivity index (χ1v) is 12.6. The van der Waals surface area contributed by atoms with Crippen molar-refractivity contribution in [2.75, 3.05) is 6.54 Å². The van der Waals surface area contributed by atoms with Gasteiger partial charge >= 0.3 is 5.97 Å². The van der Waals surface area contributed by atoms with E-state index in [-0.39, 0.29) is 4.91 Å². The first-order chi connectivity index (χ1) is 17.9. The van der Waals surface area contributed by atoms with Crippen LogP contribution < -0.4 is 4.74 Å². The Morgan fingerprint density at radius 2 is 1.73 bits per heavy atom. The average molecular weight is 533 g/mol. The highest BCUT2D eigenvalue weighted by Gasteiger charge is 2.36. The van der Waals surface area contributed by atoms with Crippen molar-refractivity contribution < 1.29 is 24.2 Å². The molecule has 0 spiro atoms. The van der Waals surface area contributed by atoms with Crippen molar-refractivity contribution in [1.29, 1.82) is 0 Å². The number of hydrogen-bond donors (Lipinski definition) is 1. The van der Waals surface area contributed by atoms with Gasteiger partial charge in [0.1, 0.15) is 18.9 Å². The molecule has 7 nitrogen and oxygen atoms in total. The molecule has 9 heteroatoms. The van der Waals surface area contributed by atoms with Gasteiger partial charge in [0.05, 0.1) is 4.91 Å². The molecule has 5 rings (SSSR count). The number of carbonyl (C=O) groups excluding carboxylic acids is 2. The summed E-state index contributed by atoms with van der Waals surface area (Å²) in [4.78, 5) is 37.0. The van der Waals surface area contributed by atoms with Gasteiger partial charge in [0.15, 0.2) is 0 Å². The smallest absolute Gasteiger partial charge is 0.323 e. The van der Waals surface area contributed by atoms with Crippen molar-refractivity contribution in [2.24, 2.45) is 0 Å². The highest BCUT2D eigenvalue weighted by molar-refractivity contribution is 8.18. The molecule has 1 aromatic heterocycles. The number of rotatable bonds is 8. The van der Waals surface area contributed by atoms with Gasteiger partial charge < -0.3 is 14.4 Å². The molecule has 0 radical (unpaired) electrons. The fraction of sp³-hybridized carbons (Fsp3) is 0.107. The number of halogens is 1. The summed E-state index contributed by atoms with van der Waals surface area (Å²) in [7, 11) is 0. The van der Waals surface area contributed by atoms with Gasteiger partial charge in [-0.25, -0.2) is 0 Å². The first-order valence-electron chi connectivity index (χ1n) is 11.4. The minimum Gasteiger partial charge on any atom is -0.489 e. The highest BCUT2D eigenvalue weighted by atomic mass is 35.5. The fourth-order valence-corrected chi connectivity index (χ4v) is 5.02. The van der Waals surface area contributed by atoms with E-state index >= 15 is 0 Å². The van der Waals surface area contributed by atoms with Gasteiger partial charge in [-0.05, 0) is 65.4 Å². The van der Waals surface area contributed by atoms with E-state index < -0.39 is 23.7 Å². The fourth-order valence-electron chi connectivity index (χ4n) is 4.08. The molecule has 2 heterocycles. The maximum absolute atomic E-state index is 12.8. The zero-order valence-corrected chi connectivity index (χ0v) is 21.0. The van der Waals surface area contributed by atoms with Gasteiger partial charge in [0.2, 0.25) is 0 Å². The molecule has 0 bridgehead atoms. The van der Waals surface area contributed by atoms with E-state index in [2.05, 4.69) is 0 Å². The first kappa shape index (κ1) is 24.7. The summed E-state index contributed by atoms with van der Waals surface area (Å²) in [5.74, 6) is -1.16. The van der Waals surface area contributed by atoms with Gasteiger partial charge in [0, 0.05) is 28.2 Å². The predicted octanol–water partition coefficient (Wildman–Crippen LogP) is 6.04. The van der Waals surface area contributed by atoms with Crippen LogP contribution in [0.5, 0.6) is 5.75 Å². The summed E-state index contributed by atoms with van der Waals surface area (Å²) in [6.45, 7) is 0.259. The number of imide groups is 1. The molecule has 0 atom stereocenters. The number of aromatic nitrogens is 1. The number of carboxylic acids is 1. The van der Waals surface area contributed by atoms with Crippen molar-refractivity contribution >= 4 is 57.5 Å². The molecule has 2 amide bonds. The normalized spacial score (nSPS) is 14.6. The number of carboxylic acid groups (broad SMARTS) is 1. The van der Waals surface area contributed by atoms with Crippen LogP contribution in [-0.2, 0) is 22.7 Å². The van der Waals surface area contributed by atoms with Gasteiger partial charge in [0.25, 0.3) is 11.1 Å². The lowest BCUT2D eigenvalue weighted by atomic mass is 10.2. The Hall–Kier alpha value is -4.01. The minimum atomic E-state index is -1.25. The lowest BCUT2D eigenvalue weighted by Gasteiger charge is -2.11. The zero-order valence-electron chi connectivity index (χ0n) is 19.5. The lowest BCUT2D eigenvalue weighted by Crippen LogP contribution is -2.33. The predicted molar refractivity (Wildman–Crippen MR) is 144 cm³/mol. The summed E-state index contributed by atoms with van der Waals surface area (Å²) >= 11 is 6.79. The molecule has 3 aromatic carbocycles. The van der Waals surface area contributed by atoms with Crippen LogP contribution in [0, 0.1) is 0 Å². The number of hydrogen-bond acceptors (Lipinski definition) is 5. The number of nitrogens with zero attached hydrogens (tertiary/aromatic N) is 2. The van der Waals surface area contributed by atoms with E-state index in [0.717, 1.165) is 38.7 Å². The summed E-state index contributed by atoms with van der Waals surface area (Å²) < 4.78 is 8.02. The largest absolute Gasteiger partial charge is 0.489 e. The molecular formula is C28H21ClN2O5S. The summed E-state index contributed by atoms with van der Waals surface area (Å²) in [6, 6.07) is 25.1. The van der Waals surface area contributed by atoms with E-state index in [1.54, 1.807) is 6.08 Å². The Kier molecular flexibility index (Phi) is 7.03. The Morgan fingerprint density at radius 3 is 2.46 bits per heavy atom. The SMILES string of the molecule is O=C(O)CN1C(=O)S/C(=C\c2cc3cc(OCc4ccccc4)ccc3n2Cc2ccc(Cl)cc2)C1=O. The molecule has 0 unspecified atom stereocenters. The topological polar surface area (TPSA) is 88.8 Å². The van der Waals surface area contributed by atoms with Crippen molar-refractivity contribution in [3.63, 3.8) is 0 Å². The van der Waals surface area contributed by atoms with E-state index in [1.165, 1.54) is 0 Å². The second kappa shape index (κ2) is 10.5. The van der Waals surface area contributed by atoms with Gasteiger partial charge in [-0.3, -0.25) is 19.3 Å².